The first kappa shape index (κ1) is 13.9. The van der Waals surface area contributed by atoms with E-state index >= 15 is 0 Å². The Hall–Kier alpha value is -2.18. The first-order valence-corrected chi connectivity index (χ1v) is 5.58. The van der Waals surface area contributed by atoms with Crippen LogP contribution < -0.4 is 10.6 Å². The van der Waals surface area contributed by atoms with E-state index in [1.54, 1.807) is 0 Å². The molecule has 0 aromatic carbocycles. The summed E-state index contributed by atoms with van der Waals surface area (Å²) >= 11 is 0. The van der Waals surface area contributed by atoms with E-state index in [9.17, 15) is 9.59 Å². The van der Waals surface area contributed by atoms with Gasteiger partial charge < -0.3 is 15.4 Å². The van der Waals surface area contributed by atoms with Crippen molar-refractivity contribution in [2.45, 2.75) is 13.3 Å². The molecule has 1 amide bonds. The third-order valence-electron chi connectivity index (χ3n) is 2.08. The fourth-order valence-corrected chi connectivity index (χ4v) is 1.22. The van der Waals surface area contributed by atoms with Crippen LogP contribution >= 0.6 is 0 Å². The maximum Gasteiger partial charge on any atom is 0.358 e. The molecule has 0 saturated carbocycles. The number of hydrogen-bond acceptors (Lipinski definition) is 6. The van der Waals surface area contributed by atoms with Gasteiger partial charge in [0.05, 0.1) is 19.5 Å². The summed E-state index contributed by atoms with van der Waals surface area (Å²) < 4.78 is 4.50. The van der Waals surface area contributed by atoms with Crippen molar-refractivity contribution in [2.75, 3.05) is 25.5 Å². The smallest absolute Gasteiger partial charge is 0.358 e. The van der Waals surface area contributed by atoms with Crippen LogP contribution in [0, 0.1) is 0 Å². The van der Waals surface area contributed by atoms with E-state index in [-0.39, 0.29) is 11.6 Å². The highest BCUT2D eigenvalue weighted by atomic mass is 16.5. The minimum Gasteiger partial charge on any atom is -0.464 e. The molecule has 0 radical (unpaired) electrons. The molecule has 0 fully saturated rings. The fourth-order valence-electron chi connectivity index (χ4n) is 1.22. The summed E-state index contributed by atoms with van der Waals surface area (Å²) in [5.41, 5.74) is 0.145. The molecular weight excluding hydrogens is 236 g/mol. The number of anilines is 1. The van der Waals surface area contributed by atoms with Gasteiger partial charge in [-0.3, -0.25) is 4.79 Å². The van der Waals surface area contributed by atoms with Gasteiger partial charge in [-0.05, 0) is 6.92 Å². The van der Waals surface area contributed by atoms with Gasteiger partial charge in [0.2, 0.25) is 5.91 Å². The van der Waals surface area contributed by atoms with Gasteiger partial charge in [-0.25, -0.2) is 14.8 Å². The number of carbonyl (C=O) groups excluding carboxylic acids is 2. The summed E-state index contributed by atoms with van der Waals surface area (Å²) in [4.78, 5) is 30.1. The maximum absolute atomic E-state index is 11.2. The Labute approximate surface area is 105 Å². The van der Waals surface area contributed by atoms with Crippen molar-refractivity contribution in [1.29, 1.82) is 0 Å². The van der Waals surface area contributed by atoms with E-state index in [0.717, 1.165) is 0 Å². The minimum atomic E-state index is -0.531. The number of nitrogens with one attached hydrogen (secondary N) is 2. The molecule has 0 atom stereocenters. The highest BCUT2D eigenvalue weighted by Crippen LogP contribution is 2.02. The average Bonchev–Trinajstić information content (AvgIpc) is 2.39. The summed E-state index contributed by atoms with van der Waals surface area (Å²) in [6.07, 6.45) is 3.10. The standard InChI is InChI=1S/C11H16N4O3/c1-3-12-10(16)4-5-13-9-7-14-8(6-15-9)11(17)18-2/h6-7H,3-5H2,1-2H3,(H,12,16)(H,13,15). The van der Waals surface area contributed by atoms with Gasteiger partial charge in [-0.1, -0.05) is 0 Å². The predicted molar refractivity (Wildman–Crippen MR) is 65.2 cm³/mol. The van der Waals surface area contributed by atoms with Gasteiger partial charge in [0.1, 0.15) is 5.82 Å². The van der Waals surface area contributed by atoms with E-state index in [1.807, 2.05) is 6.92 Å². The lowest BCUT2D eigenvalue weighted by Crippen LogP contribution is -2.24. The SMILES string of the molecule is CCNC(=O)CCNc1cnc(C(=O)OC)cn1. The Morgan fingerprint density at radius 3 is 2.67 bits per heavy atom. The topological polar surface area (TPSA) is 93.2 Å². The quantitative estimate of drug-likeness (QED) is 0.702. The largest absolute Gasteiger partial charge is 0.464 e. The Morgan fingerprint density at radius 1 is 1.33 bits per heavy atom. The molecule has 1 aromatic rings. The molecule has 0 spiro atoms. The van der Waals surface area contributed by atoms with Crippen molar-refractivity contribution < 1.29 is 14.3 Å². The maximum atomic E-state index is 11.2. The first-order chi connectivity index (χ1) is 8.67. The number of ether oxygens (including phenoxy) is 1. The highest BCUT2D eigenvalue weighted by Gasteiger charge is 2.07. The van der Waals surface area contributed by atoms with E-state index in [2.05, 4.69) is 25.3 Å². The average molecular weight is 252 g/mol. The van der Waals surface area contributed by atoms with Crippen LogP contribution in [0.4, 0.5) is 5.82 Å². The second-order valence-corrected chi connectivity index (χ2v) is 3.41. The Balaban J connectivity index is 2.40. The van der Waals surface area contributed by atoms with E-state index in [4.69, 9.17) is 0 Å². The van der Waals surface area contributed by atoms with Crippen LogP contribution in [0.3, 0.4) is 0 Å². The zero-order chi connectivity index (χ0) is 13.4. The van der Waals surface area contributed by atoms with Crippen molar-refractivity contribution in [3.05, 3.63) is 18.1 Å². The molecule has 1 heterocycles. The van der Waals surface area contributed by atoms with Crippen molar-refractivity contribution in [3.8, 4) is 0 Å². The molecule has 98 valence electrons. The van der Waals surface area contributed by atoms with Crippen LogP contribution in [0.25, 0.3) is 0 Å². The van der Waals surface area contributed by atoms with Crippen LogP contribution in [0.15, 0.2) is 12.4 Å². The molecule has 1 aromatic heterocycles. The second-order valence-electron chi connectivity index (χ2n) is 3.41. The molecule has 18 heavy (non-hydrogen) atoms. The molecule has 0 unspecified atom stereocenters. The number of hydrogen-bond donors (Lipinski definition) is 2. The van der Waals surface area contributed by atoms with Crippen molar-refractivity contribution in [1.82, 2.24) is 15.3 Å². The molecule has 0 aliphatic heterocycles. The zero-order valence-corrected chi connectivity index (χ0v) is 10.4. The van der Waals surface area contributed by atoms with Crippen LogP contribution in [0.5, 0.6) is 0 Å². The third-order valence-corrected chi connectivity index (χ3v) is 2.08. The molecule has 0 aliphatic rings. The van der Waals surface area contributed by atoms with Gasteiger partial charge >= 0.3 is 5.97 Å². The van der Waals surface area contributed by atoms with Crippen LogP contribution in [-0.4, -0.2) is 42.0 Å². The number of nitrogens with zero attached hydrogens (tertiary/aromatic N) is 2. The number of methoxy groups -OCH3 is 1. The van der Waals surface area contributed by atoms with E-state index < -0.39 is 5.97 Å². The van der Waals surface area contributed by atoms with Crippen molar-refractivity contribution in [3.63, 3.8) is 0 Å². The molecule has 7 nitrogen and oxygen atoms in total. The zero-order valence-electron chi connectivity index (χ0n) is 10.4. The minimum absolute atomic E-state index is 0.0239. The lowest BCUT2D eigenvalue weighted by atomic mass is 10.4. The van der Waals surface area contributed by atoms with Crippen molar-refractivity contribution >= 4 is 17.7 Å². The molecule has 0 saturated heterocycles. The van der Waals surface area contributed by atoms with E-state index in [1.165, 1.54) is 19.5 Å². The molecule has 7 heteroatoms. The normalized spacial score (nSPS) is 9.67. The Bertz CT molecular complexity index is 405. The number of esters is 1. The van der Waals surface area contributed by atoms with E-state index in [0.29, 0.717) is 25.3 Å². The van der Waals surface area contributed by atoms with Gasteiger partial charge in [0.15, 0.2) is 5.69 Å². The van der Waals surface area contributed by atoms with Gasteiger partial charge in [0.25, 0.3) is 0 Å². The molecular formula is C11H16N4O3. The lowest BCUT2D eigenvalue weighted by molar-refractivity contribution is -0.120. The van der Waals surface area contributed by atoms with Crippen LogP contribution in [0.1, 0.15) is 23.8 Å². The number of aromatic nitrogens is 2. The predicted octanol–water partition coefficient (Wildman–Crippen LogP) is 0.201. The van der Waals surface area contributed by atoms with Crippen LogP contribution in [-0.2, 0) is 9.53 Å². The Kier molecular flexibility index (Phi) is 5.56. The monoisotopic (exact) mass is 252 g/mol. The molecule has 0 aliphatic carbocycles. The molecule has 2 N–H and O–H groups in total. The summed E-state index contributed by atoms with van der Waals surface area (Å²) in [6, 6.07) is 0. The highest BCUT2D eigenvalue weighted by molar-refractivity contribution is 5.86. The number of rotatable bonds is 6. The van der Waals surface area contributed by atoms with Gasteiger partial charge in [0, 0.05) is 19.5 Å². The Morgan fingerprint density at radius 2 is 2.11 bits per heavy atom. The van der Waals surface area contributed by atoms with Crippen molar-refractivity contribution in [2.24, 2.45) is 0 Å². The summed E-state index contributed by atoms with van der Waals surface area (Å²) in [5, 5.41) is 5.62. The number of amides is 1. The molecule has 1 rings (SSSR count). The first-order valence-electron chi connectivity index (χ1n) is 5.58. The summed E-state index contributed by atoms with van der Waals surface area (Å²) in [7, 11) is 1.28. The van der Waals surface area contributed by atoms with Gasteiger partial charge in [-0.15, -0.1) is 0 Å². The molecule has 0 bridgehead atoms. The lowest BCUT2D eigenvalue weighted by Gasteiger charge is -2.05. The fraction of sp³-hybridized carbons (Fsp3) is 0.455. The number of carbonyl (C=O) groups is 2. The van der Waals surface area contributed by atoms with Crippen LogP contribution in [0.2, 0.25) is 0 Å². The van der Waals surface area contributed by atoms with Gasteiger partial charge in [-0.2, -0.15) is 0 Å². The summed E-state index contributed by atoms with van der Waals surface area (Å²) in [6.45, 7) is 2.94. The third kappa shape index (κ3) is 4.36. The summed E-state index contributed by atoms with van der Waals surface area (Å²) in [5.74, 6) is -0.0486. The second kappa shape index (κ2) is 7.21.